The SMILES string of the molecule is CC(=O)NC1(c2ccc(CN3CCNC[C@H]3C)cc2)CC1.Cl. The van der Waals surface area contributed by atoms with Crippen LogP contribution in [0.2, 0.25) is 0 Å². The lowest BCUT2D eigenvalue weighted by atomic mass is 10.0. The summed E-state index contributed by atoms with van der Waals surface area (Å²) in [5.41, 5.74) is 2.52. The smallest absolute Gasteiger partial charge is 0.217 e. The summed E-state index contributed by atoms with van der Waals surface area (Å²) in [6.07, 6.45) is 2.11. The Morgan fingerprint density at radius 1 is 1.36 bits per heavy atom. The lowest BCUT2D eigenvalue weighted by Gasteiger charge is -2.34. The second-order valence-electron chi connectivity index (χ2n) is 6.48. The van der Waals surface area contributed by atoms with Gasteiger partial charge in [0.2, 0.25) is 5.91 Å². The molecule has 2 fully saturated rings. The third kappa shape index (κ3) is 3.80. The van der Waals surface area contributed by atoms with Crippen LogP contribution in [0.25, 0.3) is 0 Å². The number of halogens is 1. The molecule has 0 bridgehead atoms. The number of benzene rings is 1. The zero-order valence-corrected chi connectivity index (χ0v) is 14.2. The summed E-state index contributed by atoms with van der Waals surface area (Å²) in [6.45, 7) is 8.14. The molecule has 5 heteroatoms. The maximum absolute atomic E-state index is 11.3. The van der Waals surface area contributed by atoms with E-state index in [-0.39, 0.29) is 23.9 Å². The van der Waals surface area contributed by atoms with Crippen molar-refractivity contribution < 1.29 is 4.79 Å². The molecular formula is C17H26ClN3O. The number of carbonyl (C=O) groups is 1. The van der Waals surface area contributed by atoms with Crippen molar-refractivity contribution in [2.24, 2.45) is 0 Å². The van der Waals surface area contributed by atoms with Gasteiger partial charge in [-0.25, -0.2) is 0 Å². The fraction of sp³-hybridized carbons (Fsp3) is 0.588. The van der Waals surface area contributed by atoms with Gasteiger partial charge in [-0.05, 0) is 30.9 Å². The average molecular weight is 324 g/mol. The van der Waals surface area contributed by atoms with E-state index >= 15 is 0 Å². The maximum atomic E-state index is 11.3. The average Bonchev–Trinajstić information content (AvgIpc) is 3.22. The second kappa shape index (κ2) is 6.99. The first kappa shape index (κ1) is 17.3. The van der Waals surface area contributed by atoms with E-state index in [1.54, 1.807) is 6.92 Å². The molecule has 2 N–H and O–H groups in total. The number of piperazine rings is 1. The lowest BCUT2D eigenvalue weighted by molar-refractivity contribution is -0.120. The van der Waals surface area contributed by atoms with Crippen LogP contribution in [0.5, 0.6) is 0 Å². The van der Waals surface area contributed by atoms with Gasteiger partial charge in [-0.2, -0.15) is 0 Å². The Labute approximate surface area is 139 Å². The molecule has 1 aliphatic carbocycles. The molecule has 4 nitrogen and oxygen atoms in total. The zero-order valence-electron chi connectivity index (χ0n) is 13.4. The van der Waals surface area contributed by atoms with Crippen LogP contribution in [0, 0.1) is 0 Å². The van der Waals surface area contributed by atoms with Gasteiger partial charge in [0.1, 0.15) is 0 Å². The molecule has 2 aliphatic rings. The molecule has 1 amide bonds. The van der Waals surface area contributed by atoms with Crippen LogP contribution in [0.3, 0.4) is 0 Å². The Morgan fingerprint density at radius 3 is 2.59 bits per heavy atom. The van der Waals surface area contributed by atoms with Crippen LogP contribution in [0.4, 0.5) is 0 Å². The number of amides is 1. The van der Waals surface area contributed by atoms with Crippen LogP contribution in [0.1, 0.15) is 37.8 Å². The van der Waals surface area contributed by atoms with Crippen molar-refractivity contribution >= 4 is 18.3 Å². The van der Waals surface area contributed by atoms with Crippen LogP contribution in [-0.4, -0.2) is 36.5 Å². The van der Waals surface area contributed by atoms with E-state index in [9.17, 15) is 4.79 Å². The molecule has 22 heavy (non-hydrogen) atoms. The van der Waals surface area contributed by atoms with Gasteiger partial charge in [-0.1, -0.05) is 24.3 Å². The standard InChI is InChI=1S/C17H25N3O.ClH/c1-13-11-18-9-10-20(13)12-15-3-5-16(6-4-15)17(7-8-17)19-14(2)21;/h3-6,13,18H,7-12H2,1-2H3,(H,19,21);1H/t13-;/m1./s1. The molecule has 122 valence electrons. The van der Waals surface area contributed by atoms with E-state index in [1.165, 1.54) is 11.1 Å². The van der Waals surface area contributed by atoms with Crippen molar-refractivity contribution in [2.75, 3.05) is 19.6 Å². The highest BCUT2D eigenvalue weighted by Crippen LogP contribution is 2.45. The van der Waals surface area contributed by atoms with E-state index in [2.05, 4.69) is 46.7 Å². The van der Waals surface area contributed by atoms with E-state index in [0.717, 1.165) is 39.0 Å². The summed E-state index contributed by atoms with van der Waals surface area (Å²) < 4.78 is 0. The van der Waals surface area contributed by atoms with E-state index < -0.39 is 0 Å². The predicted octanol–water partition coefficient (Wildman–Crippen LogP) is 2.03. The fourth-order valence-corrected chi connectivity index (χ4v) is 3.23. The van der Waals surface area contributed by atoms with Crippen molar-refractivity contribution in [2.45, 2.75) is 44.8 Å². The fourth-order valence-electron chi connectivity index (χ4n) is 3.23. The van der Waals surface area contributed by atoms with Crippen LogP contribution in [-0.2, 0) is 16.9 Å². The molecule has 1 saturated carbocycles. The summed E-state index contributed by atoms with van der Waals surface area (Å²) in [7, 11) is 0. The quantitative estimate of drug-likeness (QED) is 0.891. The molecule has 1 aliphatic heterocycles. The first-order valence-electron chi connectivity index (χ1n) is 7.92. The van der Waals surface area contributed by atoms with Crippen LogP contribution in [0.15, 0.2) is 24.3 Å². The molecule has 0 unspecified atom stereocenters. The number of rotatable bonds is 4. The minimum Gasteiger partial charge on any atom is -0.347 e. The van der Waals surface area contributed by atoms with Gasteiger partial charge in [-0.15, -0.1) is 12.4 Å². The van der Waals surface area contributed by atoms with Crippen molar-refractivity contribution in [3.63, 3.8) is 0 Å². The summed E-state index contributed by atoms with van der Waals surface area (Å²) in [4.78, 5) is 13.8. The lowest BCUT2D eigenvalue weighted by Crippen LogP contribution is -2.49. The minimum absolute atomic E-state index is 0. The highest BCUT2D eigenvalue weighted by Gasteiger charge is 2.44. The molecular weight excluding hydrogens is 298 g/mol. The maximum Gasteiger partial charge on any atom is 0.217 e. The van der Waals surface area contributed by atoms with Gasteiger partial charge in [0.15, 0.2) is 0 Å². The van der Waals surface area contributed by atoms with Gasteiger partial charge in [-0.3, -0.25) is 9.69 Å². The summed E-state index contributed by atoms with van der Waals surface area (Å²) >= 11 is 0. The summed E-state index contributed by atoms with van der Waals surface area (Å²) in [6, 6.07) is 9.39. The first-order valence-corrected chi connectivity index (χ1v) is 7.92. The van der Waals surface area contributed by atoms with Crippen molar-refractivity contribution in [1.29, 1.82) is 0 Å². The molecule has 1 heterocycles. The largest absolute Gasteiger partial charge is 0.347 e. The summed E-state index contributed by atoms with van der Waals surface area (Å²) in [5.74, 6) is 0.0613. The Balaban J connectivity index is 0.00000176. The van der Waals surface area contributed by atoms with E-state index in [4.69, 9.17) is 0 Å². The molecule has 1 saturated heterocycles. The Bertz CT molecular complexity index is 513. The first-order chi connectivity index (χ1) is 10.1. The molecule has 1 aromatic carbocycles. The van der Waals surface area contributed by atoms with Crippen molar-refractivity contribution in [3.8, 4) is 0 Å². The second-order valence-corrected chi connectivity index (χ2v) is 6.48. The van der Waals surface area contributed by atoms with Gasteiger partial charge in [0.05, 0.1) is 5.54 Å². The Kier molecular flexibility index (Phi) is 5.48. The molecule has 0 aromatic heterocycles. The number of nitrogens with zero attached hydrogens (tertiary/aromatic N) is 1. The number of hydrogen-bond donors (Lipinski definition) is 2. The molecule has 0 radical (unpaired) electrons. The molecule has 1 aromatic rings. The minimum atomic E-state index is -0.0767. The van der Waals surface area contributed by atoms with Crippen LogP contribution < -0.4 is 10.6 Å². The topological polar surface area (TPSA) is 44.4 Å². The molecule has 1 atom stereocenters. The highest BCUT2D eigenvalue weighted by molar-refractivity contribution is 5.85. The zero-order chi connectivity index (χ0) is 14.9. The third-order valence-electron chi connectivity index (χ3n) is 4.70. The van der Waals surface area contributed by atoms with Gasteiger partial charge < -0.3 is 10.6 Å². The monoisotopic (exact) mass is 323 g/mol. The van der Waals surface area contributed by atoms with Crippen molar-refractivity contribution in [3.05, 3.63) is 35.4 Å². The van der Waals surface area contributed by atoms with E-state index in [0.29, 0.717) is 6.04 Å². The van der Waals surface area contributed by atoms with Crippen molar-refractivity contribution in [1.82, 2.24) is 15.5 Å². The third-order valence-corrected chi connectivity index (χ3v) is 4.70. The number of nitrogens with one attached hydrogen (secondary N) is 2. The Hall–Kier alpha value is -1.10. The number of hydrogen-bond acceptors (Lipinski definition) is 3. The normalized spacial score (nSPS) is 23.5. The Morgan fingerprint density at radius 2 is 2.05 bits per heavy atom. The van der Waals surface area contributed by atoms with Gasteiger partial charge in [0, 0.05) is 39.1 Å². The van der Waals surface area contributed by atoms with Crippen LogP contribution >= 0.6 is 12.4 Å². The van der Waals surface area contributed by atoms with Gasteiger partial charge >= 0.3 is 0 Å². The van der Waals surface area contributed by atoms with E-state index in [1.807, 2.05) is 0 Å². The molecule has 0 spiro atoms. The predicted molar refractivity (Wildman–Crippen MR) is 91.2 cm³/mol. The molecule has 3 rings (SSSR count). The summed E-state index contributed by atoms with van der Waals surface area (Å²) in [5, 5.41) is 6.52. The van der Waals surface area contributed by atoms with Gasteiger partial charge in [0.25, 0.3) is 0 Å². The highest BCUT2D eigenvalue weighted by atomic mass is 35.5. The number of carbonyl (C=O) groups excluding carboxylic acids is 1.